The Labute approximate surface area is 90.8 Å². The van der Waals surface area contributed by atoms with Crippen LogP contribution < -0.4 is 0 Å². The number of aryl methyl sites for hydroxylation is 1. The maximum absolute atomic E-state index is 10.4. The fraction of sp³-hybridized carbons (Fsp3) is 0.667. The average Bonchev–Trinajstić information content (AvgIpc) is 2.51. The molecule has 14 heavy (non-hydrogen) atoms. The van der Waals surface area contributed by atoms with Crippen molar-refractivity contribution in [2.24, 2.45) is 5.92 Å². The van der Waals surface area contributed by atoms with Crippen LogP contribution in [-0.4, -0.2) is 5.11 Å². The molecule has 2 heteroatoms. The van der Waals surface area contributed by atoms with Crippen molar-refractivity contribution in [1.82, 2.24) is 0 Å². The molecule has 1 nitrogen and oxygen atoms in total. The summed E-state index contributed by atoms with van der Waals surface area (Å²) in [5.74, 6) is 0.575. The van der Waals surface area contributed by atoms with Gasteiger partial charge in [0, 0.05) is 4.88 Å². The van der Waals surface area contributed by atoms with Gasteiger partial charge in [-0.3, -0.25) is 0 Å². The van der Waals surface area contributed by atoms with E-state index in [0.717, 1.165) is 17.7 Å². The summed E-state index contributed by atoms with van der Waals surface area (Å²) in [4.78, 5) is 1.12. The Morgan fingerprint density at radius 3 is 2.64 bits per heavy atom. The molecule has 1 rings (SSSR count). The van der Waals surface area contributed by atoms with Crippen molar-refractivity contribution in [2.45, 2.75) is 46.1 Å². The summed E-state index contributed by atoms with van der Waals surface area (Å²) < 4.78 is 0. The van der Waals surface area contributed by atoms with Gasteiger partial charge in [0.15, 0.2) is 0 Å². The molecule has 0 saturated heterocycles. The molecule has 0 radical (unpaired) electrons. The summed E-state index contributed by atoms with van der Waals surface area (Å²) in [6.45, 7) is 8.36. The summed E-state index contributed by atoms with van der Waals surface area (Å²) in [6.07, 6.45) is 1.98. The second-order valence-corrected chi connectivity index (χ2v) is 5.34. The first-order valence-electron chi connectivity index (χ1n) is 5.24. The molecule has 1 aromatic heterocycles. The molecule has 0 aliphatic heterocycles. The van der Waals surface area contributed by atoms with Gasteiger partial charge in [-0.2, -0.15) is 0 Å². The second kappa shape index (κ2) is 4.45. The van der Waals surface area contributed by atoms with Crippen molar-refractivity contribution in [2.75, 3.05) is 0 Å². The number of hydrogen-bond donors (Lipinski definition) is 1. The molecule has 0 amide bonds. The largest absolute Gasteiger partial charge is 0.385 e. The Balaban J connectivity index is 2.80. The third-order valence-corrected chi connectivity index (χ3v) is 4.06. The van der Waals surface area contributed by atoms with Crippen LogP contribution in [0.4, 0.5) is 0 Å². The molecule has 0 bridgehead atoms. The van der Waals surface area contributed by atoms with Crippen LogP contribution in [-0.2, 0) is 5.60 Å². The van der Waals surface area contributed by atoms with E-state index >= 15 is 0 Å². The predicted octanol–water partition coefficient (Wildman–Crippen LogP) is 3.70. The molecule has 1 heterocycles. The standard InChI is InChI=1S/C12H20OS/c1-5-9(2)8-12(4,13)11-10(3)6-7-14-11/h6-7,9,13H,5,8H2,1-4H3. The first-order chi connectivity index (χ1) is 6.47. The first-order valence-corrected chi connectivity index (χ1v) is 6.12. The van der Waals surface area contributed by atoms with E-state index in [-0.39, 0.29) is 0 Å². The monoisotopic (exact) mass is 212 g/mol. The normalized spacial score (nSPS) is 17.8. The zero-order chi connectivity index (χ0) is 10.8. The van der Waals surface area contributed by atoms with Gasteiger partial charge < -0.3 is 5.11 Å². The van der Waals surface area contributed by atoms with Crippen LogP contribution in [0.1, 0.15) is 44.1 Å². The summed E-state index contributed by atoms with van der Waals surface area (Å²) >= 11 is 1.66. The second-order valence-electron chi connectivity index (χ2n) is 4.42. The van der Waals surface area contributed by atoms with Crippen LogP contribution >= 0.6 is 11.3 Å². The Bertz CT molecular complexity index is 288. The lowest BCUT2D eigenvalue weighted by atomic mass is 9.89. The lowest BCUT2D eigenvalue weighted by Crippen LogP contribution is -2.23. The lowest BCUT2D eigenvalue weighted by molar-refractivity contribution is 0.0350. The molecule has 0 spiro atoms. The topological polar surface area (TPSA) is 20.2 Å². The molecule has 0 fully saturated rings. The van der Waals surface area contributed by atoms with E-state index in [0.29, 0.717) is 5.92 Å². The maximum Gasteiger partial charge on any atom is 0.0965 e. The van der Waals surface area contributed by atoms with E-state index in [9.17, 15) is 5.11 Å². The summed E-state index contributed by atoms with van der Waals surface area (Å²) in [7, 11) is 0. The Hall–Kier alpha value is -0.340. The fourth-order valence-corrected chi connectivity index (χ4v) is 2.84. The molecule has 0 aliphatic rings. The van der Waals surface area contributed by atoms with Crippen molar-refractivity contribution >= 4 is 11.3 Å². The minimum atomic E-state index is -0.645. The van der Waals surface area contributed by atoms with E-state index in [1.165, 1.54) is 5.56 Å². The van der Waals surface area contributed by atoms with Crippen LogP contribution in [0.25, 0.3) is 0 Å². The highest BCUT2D eigenvalue weighted by Crippen LogP contribution is 2.34. The maximum atomic E-state index is 10.4. The van der Waals surface area contributed by atoms with Crippen LogP contribution in [0.5, 0.6) is 0 Å². The summed E-state index contributed by atoms with van der Waals surface area (Å²) in [5, 5.41) is 12.4. The molecule has 0 aliphatic carbocycles. The molecular formula is C12H20OS. The SMILES string of the molecule is CCC(C)CC(C)(O)c1sccc1C. The smallest absolute Gasteiger partial charge is 0.0965 e. The van der Waals surface area contributed by atoms with Crippen molar-refractivity contribution in [1.29, 1.82) is 0 Å². The third-order valence-electron chi connectivity index (χ3n) is 2.79. The minimum absolute atomic E-state index is 0.575. The van der Waals surface area contributed by atoms with E-state index in [1.807, 2.05) is 6.92 Å². The highest BCUT2D eigenvalue weighted by molar-refractivity contribution is 7.10. The Morgan fingerprint density at radius 1 is 1.57 bits per heavy atom. The van der Waals surface area contributed by atoms with Gasteiger partial charge in [0.2, 0.25) is 0 Å². The van der Waals surface area contributed by atoms with Gasteiger partial charge in [0.25, 0.3) is 0 Å². The van der Waals surface area contributed by atoms with Crippen LogP contribution in [0.15, 0.2) is 11.4 Å². The highest BCUT2D eigenvalue weighted by Gasteiger charge is 2.27. The molecule has 2 atom stereocenters. The lowest BCUT2D eigenvalue weighted by Gasteiger charge is -2.26. The number of thiophene rings is 1. The zero-order valence-corrected chi connectivity index (χ0v) is 10.3. The predicted molar refractivity (Wildman–Crippen MR) is 62.7 cm³/mol. The van der Waals surface area contributed by atoms with E-state index in [2.05, 4.69) is 32.2 Å². The molecule has 80 valence electrons. The number of rotatable bonds is 4. The van der Waals surface area contributed by atoms with E-state index < -0.39 is 5.60 Å². The van der Waals surface area contributed by atoms with Crippen LogP contribution in [0.2, 0.25) is 0 Å². The Morgan fingerprint density at radius 2 is 2.21 bits per heavy atom. The van der Waals surface area contributed by atoms with Crippen LogP contribution in [0, 0.1) is 12.8 Å². The van der Waals surface area contributed by atoms with Crippen LogP contribution in [0.3, 0.4) is 0 Å². The highest BCUT2D eigenvalue weighted by atomic mass is 32.1. The fourth-order valence-electron chi connectivity index (χ4n) is 1.84. The third kappa shape index (κ3) is 2.58. The zero-order valence-electron chi connectivity index (χ0n) is 9.50. The van der Waals surface area contributed by atoms with Gasteiger partial charge in [-0.25, -0.2) is 0 Å². The minimum Gasteiger partial charge on any atom is -0.385 e. The van der Waals surface area contributed by atoms with Gasteiger partial charge in [-0.1, -0.05) is 20.3 Å². The molecular weight excluding hydrogens is 192 g/mol. The van der Waals surface area contributed by atoms with Crippen molar-refractivity contribution in [3.05, 3.63) is 21.9 Å². The van der Waals surface area contributed by atoms with Gasteiger partial charge in [-0.05, 0) is 43.2 Å². The number of hydrogen-bond acceptors (Lipinski definition) is 2. The quantitative estimate of drug-likeness (QED) is 0.807. The van der Waals surface area contributed by atoms with Crippen molar-refractivity contribution < 1.29 is 5.11 Å². The van der Waals surface area contributed by atoms with Gasteiger partial charge in [0.1, 0.15) is 0 Å². The van der Waals surface area contributed by atoms with E-state index in [4.69, 9.17) is 0 Å². The molecule has 2 unspecified atom stereocenters. The van der Waals surface area contributed by atoms with E-state index in [1.54, 1.807) is 11.3 Å². The molecule has 1 aromatic rings. The molecule has 0 aromatic carbocycles. The van der Waals surface area contributed by atoms with Gasteiger partial charge in [-0.15, -0.1) is 11.3 Å². The average molecular weight is 212 g/mol. The molecule has 0 saturated carbocycles. The first kappa shape index (κ1) is 11.7. The van der Waals surface area contributed by atoms with Gasteiger partial charge in [0.05, 0.1) is 5.60 Å². The van der Waals surface area contributed by atoms with Gasteiger partial charge >= 0.3 is 0 Å². The van der Waals surface area contributed by atoms with Crippen molar-refractivity contribution in [3.8, 4) is 0 Å². The summed E-state index contributed by atoms with van der Waals surface area (Å²) in [5.41, 5.74) is 0.566. The van der Waals surface area contributed by atoms with Crippen molar-refractivity contribution in [3.63, 3.8) is 0 Å². The Kier molecular flexibility index (Phi) is 3.73. The summed E-state index contributed by atoms with van der Waals surface area (Å²) in [6, 6.07) is 2.07. The molecule has 1 N–H and O–H groups in total. The number of aliphatic hydroxyl groups is 1.